The van der Waals surface area contributed by atoms with Crippen LogP contribution in [0, 0.1) is 15.5 Å². The molecule has 0 N–H and O–H groups in total. The van der Waals surface area contributed by atoms with Crippen LogP contribution in [0.25, 0.3) is 0 Å². The number of ether oxygens (including phenoxy) is 1. The molecule has 2 rings (SSSR count). The van der Waals surface area contributed by atoms with Crippen molar-refractivity contribution in [1.82, 2.24) is 0 Å². The number of carbonyl (C=O) groups is 1. The Kier molecular flexibility index (Phi) is 8.94. The SMILES string of the molecule is CC(C=CC1=C(C)CCCC1(C)C)=CC=CC(C)=CC(=O)OCc1ccc([N+](=O)[O-])cc1. The maximum absolute atomic E-state index is 12.0. The van der Waals surface area contributed by atoms with E-state index in [1.165, 1.54) is 48.6 Å². The highest BCUT2D eigenvalue weighted by Crippen LogP contribution is 2.40. The molecule has 0 spiro atoms. The standard InChI is InChI=1S/C27H33NO4/c1-20(11-16-25-22(3)10-7-17-27(25,4)5)8-6-9-21(2)18-26(29)32-19-23-12-14-24(15-13-23)28(30)31/h6,8-9,11-16,18H,7,10,17,19H2,1-5H3. The second kappa shape index (κ2) is 11.4. The average molecular weight is 436 g/mol. The molecule has 1 aromatic carbocycles. The molecule has 0 unspecified atom stereocenters. The summed E-state index contributed by atoms with van der Waals surface area (Å²) in [6.45, 7) is 10.8. The lowest BCUT2D eigenvalue weighted by atomic mass is 9.72. The quantitative estimate of drug-likeness (QED) is 0.143. The molecule has 170 valence electrons. The fourth-order valence-corrected chi connectivity index (χ4v) is 3.78. The zero-order valence-electron chi connectivity index (χ0n) is 19.7. The van der Waals surface area contributed by atoms with Crippen LogP contribution in [-0.4, -0.2) is 10.9 Å². The van der Waals surface area contributed by atoms with E-state index in [0.717, 1.165) is 11.1 Å². The normalized spacial score (nSPS) is 17.3. The molecule has 0 atom stereocenters. The molecular formula is C27H33NO4. The number of non-ortho nitro benzene ring substituents is 1. The fraction of sp³-hybridized carbons (Fsp3) is 0.370. The number of benzene rings is 1. The van der Waals surface area contributed by atoms with Gasteiger partial charge < -0.3 is 4.74 Å². The van der Waals surface area contributed by atoms with Gasteiger partial charge in [-0.25, -0.2) is 4.79 Å². The topological polar surface area (TPSA) is 69.4 Å². The summed E-state index contributed by atoms with van der Waals surface area (Å²) in [6, 6.07) is 5.94. The molecule has 1 aliphatic rings. The number of nitro benzene ring substituents is 1. The van der Waals surface area contributed by atoms with Crippen LogP contribution in [0.4, 0.5) is 5.69 Å². The second-order valence-electron chi connectivity index (χ2n) is 8.95. The van der Waals surface area contributed by atoms with Gasteiger partial charge in [0.2, 0.25) is 0 Å². The highest BCUT2D eigenvalue weighted by Gasteiger charge is 2.26. The van der Waals surface area contributed by atoms with Gasteiger partial charge in [0.05, 0.1) is 4.92 Å². The summed E-state index contributed by atoms with van der Waals surface area (Å²) in [6.07, 6.45) is 15.3. The molecular weight excluding hydrogens is 402 g/mol. The summed E-state index contributed by atoms with van der Waals surface area (Å²) in [5.74, 6) is -0.451. The van der Waals surface area contributed by atoms with Crippen molar-refractivity contribution in [3.8, 4) is 0 Å². The van der Waals surface area contributed by atoms with Crippen LogP contribution in [0.2, 0.25) is 0 Å². The van der Waals surface area contributed by atoms with E-state index in [-0.39, 0.29) is 17.7 Å². The van der Waals surface area contributed by atoms with Gasteiger partial charge in [-0.15, -0.1) is 0 Å². The van der Waals surface area contributed by atoms with E-state index in [4.69, 9.17) is 4.74 Å². The Hall–Kier alpha value is -3.21. The lowest BCUT2D eigenvalue weighted by Crippen LogP contribution is -2.19. The number of nitrogens with zero attached hydrogens (tertiary/aromatic N) is 1. The van der Waals surface area contributed by atoms with Crippen LogP contribution >= 0.6 is 0 Å². The van der Waals surface area contributed by atoms with Crippen molar-refractivity contribution in [1.29, 1.82) is 0 Å². The molecule has 0 saturated heterocycles. The molecule has 32 heavy (non-hydrogen) atoms. The molecule has 0 bridgehead atoms. The second-order valence-corrected chi connectivity index (χ2v) is 8.95. The van der Waals surface area contributed by atoms with Gasteiger partial charge in [0.15, 0.2) is 0 Å². The predicted molar refractivity (Wildman–Crippen MR) is 129 cm³/mol. The summed E-state index contributed by atoms with van der Waals surface area (Å²) in [4.78, 5) is 22.2. The van der Waals surface area contributed by atoms with Crippen LogP contribution in [0.5, 0.6) is 0 Å². The van der Waals surface area contributed by atoms with Gasteiger partial charge >= 0.3 is 5.97 Å². The fourth-order valence-electron chi connectivity index (χ4n) is 3.78. The van der Waals surface area contributed by atoms with E-state index in [2.05, 4.69) is 39.8 Å². The molecule has 0 radical (unpaired) electrons. The van der Waals surface area contributed by atoms with Crippen LogP contribution in [-0.2, 0) is 16.1 Å². The first kappa shape index (κ1) is 25.1. The number of carbonyl (C=O) groups excluding carboxylic acids is 1. The van der Waals surface area contributed by atoms with Gasteiger partial charge in [0.25, 0.3) is 5.69 Å². The predicted octanol–water partition coefficient (Wildman–Crippen LogP) is 7.17. The van der Waals surface area contributed by atoms with Gasteiger partial charge in [-0.05, 0) is 74.3 Å². The first-order valence-corrected chi connectivity index (χ1v) is 10.9. The summed E-state index contributed by atoms with van der Waals surface area (Å²) >= 11 is 0. The Morgan fingerprint density at radius 3 is 2.47 bits per heavy atom. The molecule has 0 heterocycles. The Bertz CT molecular complexity index is 989. The molecule has 0 saturated carbocycles. The van der Waals surface area contributed by atoms with Crippen LogP contribution < -0.4 is 0 Å². The van der Waals surface area contributed by atoms with Crippen molar-refractivity contribution in [3.63, 3.8) is 0 Å². The lowest BCUT2D eigenvalue weighted by molar-refractivity contribution is -0.384. The Morgan fingerprint density at radius 2 is 1.84 bits per heavy atom. The van der Waals surface area contributed by atoms with Gasteiger partial charge in [0.1, 0.15) is 6.61 Å². The van der Waals surface area contributed by atoms with Gasteiger partial charge in [0, 0.05) is 18.2 Å². The Balaban J connectivity index is 1.89. The molecule has 0 fully saturated rings. The molecule has 0 aliphatic heterocycles. The zero-order valence-corrected chi connectivity index (χ0v) is 19.7. The first-order valence-electron chi connectivity index (χ1n) is 10.9. The molecule has 1 aliphatic carbocycles. The van der Waals surface area contributed by atoms with Crippen molar-refractivity contribution in [2.75, 3.05) is 0 Å². The van der Waals surface area contributed by atoms with E-state index in [9.17, 15) is 14.9 Å². The van der Waals surface area contributed by atoms with E-state index >= 15 is 0 Å². The van der Waals surface area contributed by atoms with Gasteiger partial charge in [-0.1, -0.05) is 55.4 Å². The highest BCUT2D eigenvalue weighted by molar-refractivity contribution is 5.83. The van der Waals surface area contributed by atoms with E-state index < -0.39 is 10.9 Å². The third-order valence-corrected chi connectivity index (χ3v) is 5.65. The van der Waals surface area contributed by atoms with Gasteiger partial charge in [-0.2, -0.15) is 0 Å². The van der Waals surface area contributed by atoms with E-state index in [1.807, 2.05) is 25.2 Å². The zero-order chi connectivity index (χ0) is 23.7. The number of allylic oxidation sites excluding steroid dienone is 9. The number of hydrogen-bond acceptors (Lipinski definition) is 4. The summed E-state index contributed by atoms with van der Waals surface area (Å²) in [7, 11) is 0. The van der Waals surface area contributed by atoms with Crippen LogP contribution in [0.3, 0.4) is 0 Å². The van der Waals surface area contributed by atoms with E-state index in [1.54, 1.807) is 12.1 Å². The van der Waals surface area contributed by atoms with Crippen LogP contribution in [0.15, 0.2) is 83.0 Å². The summed E-state index contributed by atoms with van der Waals surface area (Å²) in [5, 5.41) is 10.7. The number of rotatable bonds is 8. The largest absolute Gasteiger partial charge is 0.458 e. The van der Waals surface area contributed by atoms with Crippen molar-refractivity contribution >= 4 is 11.7 Å². The van der Waals surface area contributed by atoms with Crippen LogP contribution in [0.1, 0.15) is 59.4 Å². The maximum atomic E-state index is 12.0. The molecule has 5 nitrogen and oxygen atoms in total. The molecule has 0 amide bonds. The Morgan fingerprint density at radius 1 is 1.16 bits per heavy atom. The first-order chi connectivity index (χ1) is 15.1. The highest BCUT2D eigenvalue weighted by atomic mass is 16.6. The summed E-state index contributed by atoms with van der Waals surface area (Å²) in [5.41, 5.74) is 5.76. The lowest BCUT2D eigenvalue weighted by Gasteiger charge is -2.32. The smallest absolute Gasteiger partial charge is 0.331 e. The van der Waals surface area contributed by atoms with Crippen molar-refractivity contribution in [2.45, 2.75) is 60.5 Å². The Labute approximate surface area is 191 Å². The third-order valence-electron chi connectivity index (χ3n) is 5.65. The third kappa shape index (κ3) is 7.80. The minimum atomic E-state index is -0.463. The minimum absolute atomic E-state index is 0.00783. The van der Waals surface area contributed by atoms with Gasteiger partial charge in [-0.3, -0.25) is 10.1 Å². The monoisotopic (exact) mass is 435 g/mol. The molecule has 0 aromatic heterocycles. The molecule has 5 heteroatoms. The maximum Gasteiger partial charge on any atom is 0.331 e. The van der Waals surface area contributed by atoms with Crippen molar-refractivity contribution in [2.24, 2.45) is 5.41 Å². The number of hydrogen-bond donors (Lipinski definition) is 0. The van der Waals surface area contributed by atoms with Crippen molar-refractivity contribution < 1.29 is 14.5 Å². The minimum Gasteiger partial charge on any atom is -0.458 e. The summed E-state index contributed by atoms with van der Waals surface area (Å²) < 4.78 is 5.21. The number of esters is 1. The van der Waals surface area contributed by atoms with E-state index in [0.29, 0.717) is 5.56 Å². The molecule has 1 aromatic rings. The number of nitro groups is 1. The average Bonchev–Trinajstić information content (AvgIpc) is 2.71. The van der Waals surface area contributed by atoms with Crippen molar-refractivity contribution in [3.05, 3.63) is 98.7 Å².